The Morgan fingerprint density at radius 2 is 1.94 bits per heavy atom. The van der Waals surface area contributed by atoms with Gasteiger partial charge in [-0.2, -0.15) is 5.06 Å². The van der Waals surface area contributed by atoms with Gasteiger partial charge in [0.1, 0.15) is 0 Å². The SMILES string of the molecule is CCON(C(=O)C=C(C)C)c1ccccc1. The Hall–Kier alpha value is -1.61. The maximum atomic E-state index is 11.9. The highest BCUT2D eigenvalue weighted by Gasteiger charge is 2.13. The van der Waals surface area contributed by atoms with Gasteiger partial charge in [0.2, 0.25) is 0 Å². The highest BCUT2D eigenvalue weighted by molar-refractivity contribution is 6.00. The van der Waals surface area contributed by atoms with Crippen molar-refractivity contribution in [1.29, 1.82) is 0 Å². The van der Waals surface area contributed by atoms with Crippen molar-refractivity contribution in [1.82, 2.24) is 0 Å². The minimum Gasteiger partial charge on any atom is -0.267 e. The molecule has 1 rings (SSSR count). The third-order valence-corrected chi connectivity index (χ3v) is 1.86. The fourth-order valence-corrected chi connectivity index (χ4v) is 1.26. The van der Waals surface area contributed by atoms with Crippen LogP contribution < -0.4 is 5.06 Å². The summed E-state index contributed by atoms with van der Waals surface area (Å²) in [6, 6.07) is 9.33. The molecule has 0 N–H and O–H groups in total. The Kier molecular flexibility index (Phi) is 4.73. The van der Waals surface area contributed by atoms with E-state index in [9.17, 15) is 4.79 Å². The average molecular weight is 219 g/mol. The minimum absolute atomic E-state index is 0.159. The number of benzene rings is 1. The number of carbonyl (C=O) groups is 1. The quantitative estimate of drug-likeness (QED) is 0.575. The van der Waals surface area contributed by atoms with E-state index >= 15 is 0 Å². The van der Waals surface area contributed by atoms with Crippen LogP contribution in [0.25, 0.3) is 0 Å². The largest absolute Gasteiger partial charge is 0.274 e. The molecule has 0 aliphatic carbocycles. The molecule has 0 aromatic heterocycles. The van der Waals surface area contributed by atoms with Crippen molar-refractivity contribution in [3.63, 3.8) is 0 Å². The number of para-hydroxylation sites is 1. The molecule has 0 spiro atoms. The van der Waals surface area contributed by atoms with Gasteiger partial charge >= 0.3 is 0 Å². The Morgan fingerprint density at radius 1 is 1.31 bits per heavy atom. The summed E-state index contributed by atoms with van der Waals surface area (Å²) in [5.41, 5.74) is 1.69. The first kappa shape index (κ1) is 12.5. The molecule has 0 heterocycles. The molecule has 0 unspecified atom stereocenters. The van der Waals surface area contributed by atoms with Crippen molar-refractivity contribution in [3.05, 3.63) is 42.0 Å². The molecule has 3 heteroatoms. The predicted octanol–water partition coefficient (Wildman–Crippen LogP) is 2.94. The number of amides is 1. The van der Waals surface area contributed by atoms with E-state index in [1.165, 1.54) is 5.06 Å². The molecule has 3 nitrogen and oxygen atoms in total. The summed E-state index contributed by atoms with van der Waals surface area (Å²) < 4.78 is 0. The summed E-state index contributed by atoms with van der Waals surface area (Å²) in [6.07, 6.45) is 1.56. The molecule has 0 fully saturated rings. The van der Waals surface area contributed by atoms with Gasteiger partial charge in [-0.1, -0.05) is 23.8 Å². The predicted molar refractivity (Wildman–Crippen MR) is 65.0 cm³/mol. The minimum atomic E-state index is -0.159. The van der Waals surface area contributed by atoms with Crippen molar-refractivity contribution in [2.75, 3.05) is 11.7 Å². The average Bonchev–Trinajstić information content (AvgIpc) is 2.26. The maximum absolute atomic E-state index is 11.9. The van der Waals surface area contributed by atoms with E-state index in [0.717, 1.165) is 11.3 Å². The highest BCUT2D eigenvalue weighted by Crippen LogP contribution is 2.14. The van der Waals surface area contributed by atoms with Crippen LogP contribution in [-0.2, 0) is 9.63 Å². The first-order valence-electron chi connectivity index (χ1n) is 5.32. The molecule has 1 aromatic rings. The number of anilines is 1. The Bertz CT molecular complexity index is 367. The van der Waals surface area contributed by atoms with Crippen LogP contribution >= 0.6 is 0 Å². The van der Waals surface area contributed by atoms with Gasteiger partial charge in [-0.3, -0.25) is 9.63 Å². The Balaban J connectivity index is 2.92. The van der Waals surface area contributed by atoms with Crippen LogP contribution in [-0.4, -0.2) is 12.5 Å². The van der Waals surface area contributed by atoms with Gasteiger partial charge < -0.3 is 0 Å². The van der Waals surface area contributed by atoms with E-state index in [1.807, 2.05) is 51.1 Å². The van der Waals surface area contributed by atoms with E-state index in [-0.39, 0.29) is 5.91 Å². The zero-order chi connectivity index (χ0) is 12.0. The van der Waals surface area contributed by atoms with E-state index in [4.69, 9.17) is 4.84 Å². The smallest absolute Gasteiger partial charge is 0.267 e. The first-order chi connectivity index (χ1) is 7.65. The maximum Gasteiger partial charge on any atom is 0.274 e. The standard InChI is InChI=1S/C13H17NO2/c1-4-16-14(13(15)10-11(2)3)12-8-6-5-7-9-12/h5-10H,4H2,1-3H3. The number of hydrogen-bond donors (Lipinski definition) is 0. The van der Waals surface area contributed by atoms with Gasteiger partial charge in [-0.05, 0) is 32.9 Å². The van der Waals surface area contributed by atoms with Crippen LogP contribution in [0.3, 0.4) is 0 Å². The summed E-state index contributed by atoms with van der Waals surface area (Å²) in [4.78, 5) is 17.2. The second-order valence-electron chi connectivity index (χ2n) is 3.61. The molecule has 16 heavy (non-hydrogen) atoms. The van der Waals surface area contributed by atoms with Crippen molar-refractivity contribution in [3.8, 4) is 0 Å². The number of allylic oxidation sites excluding steroid dienone is 1. The molecule has 0 atom stereocenters. The number of hydrogen-bond acceptors (Lipinski definition) is 2. The fraction of sp³-hybridized carbons (Fsp3) is 0.308. The zero-order valence-corrected chi connectivity index (χ0v) is 9.93. The molecule has 1 amide bonds. The van der Waals surface area contributed by atoms with Gasteiger partial charge in [-0.25, -0.2) is 0 Å². The van der Waals surface area contributed by atoms with Gasteiger partial charge in [0.25, 0.3) is 5.91 Å². The van der Waals surface area contributed by atoms with E-state index in [1.54, 1.807) is 6.08 Å². The zero-order valence-electron chi connectivity index (χ0n) is 9.93. The first-order valence-corrected chi connectivity index (χ1v) is 5.32. The van der Waals surface area contributed by atoms with Crippen LogP contribution in [0.5, 0.6) is 0 Å². The normalized spacial score (nSPS) is 9.69. The van der Waals surface area contributed by atoms with Crippen LogP contribution in [0.4, 0.5) is 5.69 Å². The van der Waals surface area contributed by atoms with E-state index < -0.39 is 0 Å². The Labute approximate surface area is 96.3 Å². The lowest BCUT2D eigenvalue weighted by atomic mass is 10.3. The monoisotopic (exact) mass is 219 g/mol. The lowest BCUT2D eigenvalue weighted by Gasteiger charge is -2.19. The second kappa shape index (κ2) is 6.08. The van der Waals surface area contributed by atoms with Crippen molar-refractivity contribution in [2.45, 2.75) is 20.8 Å². The third kappa shape index (κ3) is 3.51. The van der Waals surface area contributed by atoms with Crippen molar-refractivity contribution < 1.29 is 9.63 Å². The van der Waals surface area contributed by atoms with Gasteiger partial charge in [0.05, 0.1) is 12.3 Å². The molecule has 0 radical (unpaired) electrons. The van der Waals surface area contributed by atoms with Gasteiger partial charge in [0, 0.05) is 6.08 Å². The molecule has 1 aromatic carbocycles. The van der Waals surface area contributed by atoms with E-state index in [2.05, 4.69) is 0 Å². The number of carbonyl (C=O) groups excluding carboxylic acids is 1. The summed E-state index contributed by atoms with van der Waals surface area (Å²) in [6.45, 7) is 6.07. The lowest BCUT2D eigenvalue weighted by molar-refractivity contribution is -0.121. The van der Waals surface area contributed by atoms with Crippen molar-refractivity contribution in [2.24, 2.45) is 0 Å². The molecule has 0 bridgehead atoms. The molecule has 0 saturated heterocycles. The van der Waals surface area contributed by atoms with Crippen LogP contribution in [0.2, 0.25) is 0 Å². The number of hydroxylamine groups is 1. The molecule has 0 aliphatic heterocycles. The van der Waals surface area contributed by atoms with Crippen molar-refractivity contribution >= 4 is 11.6 Å². The third-order valence-electron chi connectivity index (χ3n) is 1.86. The van der Waals surface area contributed by atoms with Crippen LogP contribution in [0, 0.1) is 0 Å². The number of nitrogens with zero attached hydrogens (tertiary/aromatic N) is 1. The molecule has 86 valence electrons. The summed E-state index contributed by atoms with van der Waals surface area (Å²) >= 11 is 0. The van der Waals surface area contributed by atoms with Crippen LogP contribution in [0.1, 0.15) is 20.8 Å². The van der Waals surface area contributed by atoms with Gasteiger partial charge in [0.15, 0.2) is 0 Å². The number of rotatable bonds is 4. The molecule has 0 saturated carbocycles. The van der Waals surface area contributed by atoms with Gasteiger partial charge in [-0.15, -0.1) is 0 Å². The topological polar surface area (TPSA) is 29.5 Å². The Morgan fingerprint density at radius 3 is 2.44 bits per heavy atom. The van der Waals surface area contributed by atoms with Crippen LogP contribution in [0.15, 0.2) is 42.0 Å². The summed E-state index contributed by atoms with van der Waals surface area (Å²) in [7, 11) is 0. The summed E-state index contributed by atoms with van der Waals surface area (Å²) in [5, 5.41) is 1.31. The molecular weight excluding hydrogens is 202 g/mol. The summed E-state index contributed by atoms with van der Waals surface area (Å²) in [5.74, 6) is -0.159. The van der Waals surface area contributed by atoms with E-state index in [0.29, 0.717) is 6.61 Å². The lowest BCUT2D eigenvalue weighted by Crippen LogP contribution is -2.29. The fourth-order valence-electron chi connectivity index (χ4n) is 1.26. The molecule has 0 aliphatic rings. The highest BCUT2D eigenvalue weighted by atomic mass is 16.7. The molecular formula is C13H17NO2. The second-order valence-corrected chi connectivity index (χ2v) is 3.61.